The highest BCUT2D eigenvalue weighted by atomic mass is 16.5. The first-order valence-electron chi connectivity index (χ1n) is 10.1. The Morgan fingerprint density at radius 3 is 2.78 bits per heavy atom. The van der Waals surface area contributed by atoms with Crippen LogP contribution in [0.1, 0.15) is 44.4 Å². The summed E-state index contributed by atoms with van der Waals surface area (Å²) in [5, 5.41) is 8.19. The third kappa shape index (κ3) is 4.21. The quantitative estimate of drug-likeness (QED) is 0.732. The number of pyridine rings is 1. The van der Waals surface area contributed by atoms with Crippen LogP contribution in [-0.2, 0) is 13.0 Å². The molecular formula is C21H29N5O. The van der Waals surface area contributed by atoms with Crippen molar-refractivity contribution in [2.75, 3.05) is 24.6 Å². The molecule has 1 fully saturated rings. The molecule has 1 saturated heterocycles. The normalized spacial score (nSPS) is 22.7. The van der Waals surface area contributed by atoms with Gasteiger partial charge in [-0.15, -0.1) is 5.10 Å². The summed E-state index contributed by atoms with van der Waals surface area (Å²) >= 11 is 0. The van der Waals surface area contributed by atoms with E-state index in [4.69, 9.17) is 9.72 Å². The maximum absolute atomic E-state index is 5.94. The third-order valence-corrected chi connectivity index (χ3v) is 5.85. The van der Waals surface area contributed by atoms with Gasteiger partial charge in [0.15, 0.2) is 5.82 Å². The Labute approximate surface area is 161 Å². The van der Waals surface area contributed by atoms with Crippen molar-refractivity contribution < 1.29 is 4.74 Å². The van der Waals surface area contributed by atoms with E-state index in [1.165, 1.54) is 18.4 Å². The van der Waals surface area contributed by atoms with E-state index in [-0.39, 0.29) is 0 Å². The van der Waals surface area contributed by atoms with Gasteiger partial charge in [-0.3, -0.25) is 4.90 Å². The molecule has 2 aliphatic rings. The van der Waals surface area contributed by atoms with E-state index >= 15 is 0 Å². The predicted molar refractivity (Wildman–Crippen MR) is 106 cm³/mol. The van der Waals surface area contributed by atoms with E-state index in [9.17, 15) is 0 Å². The highest BCUT2D eigenvalue weighted by Gasteiger charge is 2.26. The van der Waals surface area contributed by atoms with Gasteiger partial charge in [-0.25, -0.2) is 4.98 Å². The largest absolute Gasteiger partial charge is 0.478 e. The summed E-state index contributed by atoms with van der Waals surface area (Å²) in [7, 11) is 0. The van der Waals surface area contributed by atoms with Crippen LogP contribution in [0.25, 0.3) is 0 Å². The van der Waals surface area contributed by atoms with Gasteiger partial charge in [0.25, 0.3) is 0 Å². The van der Waals surface area contributed by atoms with Gasteiger partial charge in [-0.2, -0.15) is 5.10 Å². The summed E-state index contributed by atoms with van der Waals surface area (Å²) in [5.74, 6) is 1.68. The van der Waals surface area contributed by atoms with Crippen LogP contribution in [0, 0.1) is 0 Å². The van der Waals surface area contributed by atoms with Crippen LogP contribution in [-0.4, -0.2) is 51.9 Å². The van der Waals surface area contributed by atoms with Gasteiger partial charge < -0.3 is 9.64 Å². The van der Waals surface area contributed by atoms with Crippen LogP contribution >= 0.6 is 0 Å². The molecule has 0 radical (unpaired) electrons. The molecule has 0 aliphatic carbocycles. The standard InChI is InChI=1S/C21H29N5O/c1-16-6-7-17(2)26(16)12-4-14-27-21-9-8-18-15-25(13-10-19(18)23-21)20-5-3-11-22-24-20/h3,5,8-9,11,16-17H,4,6-7,10,12-15H2,1-2H3. The molecule has 2 aromatic rings. The molecule has 0 N–H and O–H groups in total. The fourth-order valence-corrected chi connectivity index (χ4v) is 4.25. The van der Waals surface area contributed by atoms with Crippen LogP contribution in [0.3, 0.4) is 0 Å². The van der Waals surface area contributed by atoms with Crippen LogP contribution < -0.4 is 9.64 Å². The second-order valence-electron chi connectivity index (χ2n) is 7.72. The Hall–Kier alpha value is -2.21. The second-order valence-corrected chi connectivity index (χ2v) is 7.72. The topological polar surface area (TPSA) is 54.4 Å². The van der Waals surface area contributed by atoms with Crippen molar-refractivity contribution in [3.8, 4) is 5.88 Å². The molecule has 0 amide bonds. The van der Waals surface area contributed by atoms with Crippen molar-refractivity contribution in [2.24, 2.45) is 0 Å². The predicted octanol–water partition coefficient (Wildman–Crippen LogP) is 3.08. The molecule has 0 saturated carbocycles. The van der Waals surface area contributed by atoms with Gasteiger partial charge in [0.2, 0.25) is 5.88 Å². The van der Waals surface area contributed by atoms with E-state index in [1.807, 2.05) is 18.2 Å². The number of ether oxygens (including phenoxy) is 1. The lowest BCUT2D eigenvalue weighted by atomic mass is 10.1. The highest BCUT2D eigenvalue weighted by Crippen LogP contribution is 2.25. The fraction of sp³-hybridized carbons (Fsp3) is 0.571. The number of anilines is 1. The average molecular weight is 367 g/mol. The zero-order chi connectivity index (χ0) is 18.6. The zero-order valence-electron chi connectivity index (χ0n) is 16.3. The lowest BCUT2D eigenvalue weighted by molar-refractivity contribution is 0.190. The molecule has 6 heteroatoms. The van der Waals surface area contributed by atoms with Crippen LogP contribution in [0.2, 0.25) is 0 Å². The number of hydrogen-bond acceptors (Lipinski definition) is 6. The molecule has 2 atom stereocenters. The monoisotopic (exact) mass is 367 g/mol. The van der Waals surface area contributed by atoms with Gasteiger partial charge in [0.1, 0.15) is 0 Å². The summed E-state index contributed by atoms with van der Waals surface area (Å²) in [6, 6.07) is 9.49. The number of likely N-dealkylation sites (tertiary alicyclic amines) is 1. The lowest BCUT2D eigenvalue weighted by Crippen LogP contribution is -2.34. The number of aromatic nitrogens is 3. The van der Waals surface area contributed by atoms with Gasteiger partial charge in [0.05, 0.1) is 12.3 Å². The molecule has 27 heavy (non-hydrogen) atoms. The highest BCUT2D eigenvalue weighted by molar-refractivity contribution is 5.42. The second kappa shape index (κ2) is 8.21. The van der Waals surface area contributed by atoms with Crippen molar-refractivity contribution >= 4 is 5.82 Å². The summed E-state index contributed by atoms with van der Waals surface area (Å²) in [6.07, 6.45) is 6.30. The van der Waals surface area contributed by atoms with Gasteiger partial charge in [-0.05, 0) is 50.8 Å². The number of hydrogen-bond donors (Lipinski definition) is 0. The minimum Gasteiger partial charge on any atom is -0.478 e. The fourth-order valence-electron chi connectivity index (χ4n) is 4.25. The molecule has 2 aromatic heterocycles. The van der Waals surface area contributed by atoms with Crippen molar-refractivity contribution in [3.05, 3.63) is 41.7 Å². The number of nitrogens with zero attached hydrogens (tertiary/aromatic N) is 5. The maximum Gasteiger partial charge on any atom is 0.213 e. The smallest absolute Gasteiger partial charge is 0.213 e. The molecule has 4 heterocycles. The molecule has 2 aliphatic heterocycles. The maximum atomic E-state index is 5.94. The Morgan fingerprint density at radius 1 is 1.15 bits per heavy atom. The SMILES string of the molecule is CC1CCC(C)N1CCCOc1ccc2c(n1)CCN(c1cccnn1)C2. The van der Waals surface area contributed by atoms with E-state index in [0.29, 0.717) is 12.1 Å². The molecular weight excluding hydrogens is 338 g/mol. The molecule has 4 rings (SSSR count). The van der Waals surface area contributed by atoms with Gasteiger partial charge in [0, 0.05) is 50.4 Å². The van der Waals surface area contributed by atoms with Crippen molar-refractivity contribution in [2.45, 2.75) is 58.2 Å². The number of rotatable bonds is 6. The minimum atomic E-state index is 0.708. The zero-order valence-corrected chi connectivity index (χ0v) is 16.3. The van der Waals surface area contributed by atoms with Gasteiger partial charge >= 0.3 is 0 Å². The van der Waals surface area contributed by atoms with Crippen molar-refractivity contribution in [1.82, 2.24) is 20.1 Å². The van der Waals surface area contributed by atoms with Crippen molar-refractivity contribution in [3.63, 3.8) is 0 Å². The minimum absolute atomic E-state index is 0.708. The van der Waals surface area contributed by atoms with Crippen molar-refractivity contribution in [1.29, 1.82) is 0 Å². The van der Waals surface area contributed by atoms with E-state index in [2.05, 4.69) is 39.9 Å². The summed E-state index contributed by atoms with van der Waals surface area (Å²) in [6.45, 7) is 8.24. The Kier molecular flexibility index (Phi) is 5.53. The van der Waals surface area contributed by atoms with E-state index < -0.39 is 0 Å². The first-order chi connectivity index (χ1) is 13.2. The third-order valence-electron chi connectivity index (χ3n) is 5.85. The van der Waals surface area contributed by atoms with E-state index in [0.717, 1.165) is 56.5 Å². The molecule has 6 nitrogen and oxygen atoms in total. The molecule has 144 valence electrons. The summed E-state index contributed by atoms with van der Waals surface area (Å²) in [5.41, 5.74) is 2.40. The molecule has 0 bridgehead atoms. The Bertz CT molecular complexity index is 743. The van der Waals surface area contributed by atoms with Gasteiger partial charge in [-0.1, -0.05) is 6.07 Å². The average Bonchev–Trinajstić information content (AvgIpc) is 3.03. The van der Waals surface area contributed by atoms with Crippen LogP contribution in [0.5, 0.6) is 5.88 Å². The lowest BCUT2D eigenvalue weighted by Gasteiger charge is -2.29. The Balaban J connectivity index is 1.29. The first kappa shape index (κ1) is 18.2. The van der Waals surface area contributed by atoms with Crippen LogP contribution in [0.15, 0.2) is 30.5 Å². The molecule has 0 spiro atoms. The summed E-state index contributed by atoms with van der Waals surface area (Å²) in [4.78, 5) is 9.59. The van der Waals surface area contributed by atoms with E-state index in [1.54, 1.807) is 6.20 Å². The molecule has 2 unspecified atom stereocenters. The first-order valence-corrected chi connectivity index (χ1v) is 10.1. The van der Waals surface area contributed by atoms with Crippen LogP contribution in [0.4, 0.5) is 5.82 Å². The summed E-state index contributed by atoms with van der Waals surface area (Å²) < 4.78 is 5.94. The molecule has 0 aromatic carbocycles. The number of fused-ring (bicyclic) bond motifs is 1. The Morgan fingerprint density at radius 2 is 2.00 bits per heavy atom.